The minimum atomic E-state index is 0.571. The third kappa shape index (κ3) is 2.36. The van der Waals surface area contributed by atoms with Gasteiger partial charge in [-0.25, -0.2) is 9.97 Å². The van der Waals surface area contributed by atoms with Gasteiger partial charge < -0.3 is 5.73 Å². The third-order valence-corrected chi connectivity index (χ3v) is 4.87. The number of nitrogens with zero attached hydrogens (tertiary/aromatic N) is 2. The number of hydrogen-bond donors (Lipinski definition) is 1. The van der Waals surface area contributed by atoms with Crippen LogP contribution in [0, 0.1) is 6.92 Å². The molecule has 2 aromatic heterocycles. The molecule has 0 aliphatic rings. The van der Waals surface area contributed by atoms with E-state index in [-0.39, 0.29) is 0 Å². The van der Waals surface area contributed by atoms with Crippen LogP contribution in [0.2, 0.25) is 5.02 Å². The first-order valence-electron chi connectivity index (χ1n) is 5.59. The molecule has 0 radical (unpaired) electrons. The van der Waals surface area contributed by atoms with Crippen LogP contribution in [0.25, 0.3) is 21.1 Å². The summed E-state index contributed by atoms with van der Waals surface area (Å²) in [6, 6.07) is 7.71. The highest BCUT2D eigenvalue weighted by molar-refractivity contribution is 7.19. The minimum absolute atomic E-state index is 0.571. The molecule has 0 aliphatic heterocycles. The Morgan fingerprint density at radius 1 is 1.21 bits per heavy atom. The van der Waals surface area contributed by atoms with Crippen molar-refractivity contribution in [2.75, 3.05) is 5.73 Å². The number of benzene rings is 1. The van der Waals surface area contributed by atoms with Crippen LogP contribution in [0.15, 0.2) is 29.6 Å². The summed E-state index contributed by atoms with van der Waals surface area (Å²) >= 11 is 9.23. The maximum absolute atomic E-state index is 6.20. The molecule has 0 unspecified atom stereocenters. The molecule has 0 amide bonds. The molecule has 0 spiro atoms. The van der Waals surface area contributed by atoms with Gasteiger partial charge in [-0.15, -0.1) is 22.7 Å². The standard InChI is InChI=1S/C13H10ClN3S2/c1-7-11(10-6-18-13(15)17-10)19-12(16-7)8-4-2-3-5-9(8)14/h2-6H,1H3,(H2,15,17). The SMILES string of the molecule is Cc1nc(-c2ccccc2Cl)sc1-c1csc(N)n1. The Morgan fingerprint density at radius 3 is 2.68 bits per heavy atom. The quantitative estimate of drug-likeness (QED) is 0.759. The van der Waals surface area contributed by atoms with Crippen molar-refractivity contribution in [3.05, 3.63) is 40.4 Å². The van der Waals surface area contributed by atoms with Crippen molar-refractivity contribution in [2.24, 2.45) is 0 Å². The fourth-order valence-electron chi connectivity index (χ4n) is 1.78. The van der Waals surface area contributed by atoms with Crippen molar-refractivity contribution in [1.29, 1.82) is 0 Å². The van der Waals surface area contributed by atoms with Crippen LogP contribution < -0.4 is 5.73 Å². The van der Waals surface area contributed by atoms with Crippen LogP contribution in [0.4, 0.5) is 5.13 Å². The number of halogens is 1. The normalized spacial score (nSPS) is 10.8. The fraction of sp³-hybridized carbons (Fsp3) is 0.0769. The summed E-state index contributed by atoms with van der Waals surface area (Å²) in [5.74, 6) is 0. The first-order valence-corrected chi connectivity index (χ1v) is 7.66. The van der Waals surface area contributed by atoms with Crippen molar-refractivity contribution >= 4 is 39.4 Å². The van der Waals surface area contributed by atoms with E-state index in [9.17, 15) is 0 Å². The van der Waals surface area contributed by atoms with Crippen LogP contribution in [-0.4, -0.2) is 9.97 Å². The Bertz CT molecular complexity index is 733. The van der Waals surface area contributed by atoms with E-state index in [1.807, 2.05) is 36.6 Å². The summed E-state index contributed by atoms with van der Waals surface area (Å²) in [7, 11) is 0. The predicted octanol–water partition coefficient (Wildman–Crippen LogP) is 4.48. The molecular formula is C13H10ClN3S2. The lowest BCUT2D eigenvalue weighted by atomic mass is 10.2. The first-order chi connectivity index (χ1) is 9.15. The molecule has 3 rings (SSSR count). The van der Waals surface area contributed by atoms with Crippen LogP contribution >= 0.6 is 34.3 Å². The van der Waals surface area contributed by atoms with Gasteiger partial charge in [0.15, 0.2) is 5.13 Å². The van der Waals surface area contributed by atoms with E-state index in [2.05, 4.69) is 9.97 Å². The zero-order valence-corrected chi connectivity index (χ0v) is 12.4. The molecule has 0 atom stereocenters. The number of rotatable bonds is 2. The molecule has 19 heavy (non-hydrogen) atoms. The van der Waals surface area contributed by atoms with E-state index < -0.39 is 0 Å². The van der Waals surface area contributed by atoms with Gasteiger partial charge in [-0.2, -0.15) is 0 Å². The molecule has 3 nitrogen and oxygen atoms in total. The Labute approximate surface area is 123 Å². The molecule has 0 saturated carbocycles. The molecule has 2 heterocycles. The average molecular weight is 308 g/mol. The minimum Gasteiger partial charge on any atom is -0.375 e. The second-order valence-corrected chi connectivity index (χ2v) is 6.28. The van der Waals surface area contributed by atoms with Crippen LogP contribution in [-0.2, 0) is 0 Å². The Hall–Kier alpha value is -1.43. The molecule has 1 aromatic carbocycles. The van der Waals surface area contributed by atoms with Gasteiger partial charge in [0, 0.05) is 10.9 Å². The number of nitrogen functional groups attached to an aromatic ring is 1. The van der Waals surface area contributed by atoms with Crippen molar-refractivity contribution in [3.8, 4) is 21.1 Å². The van der Waals surface area contributed by atoms with Crippen LogP contribution in [0.5, 0.6) is 0 Å². The van der Waals surface area contributed by atoms with Crippen molar-refractivity contribution in [2.45, 2.75) is 6.92 Å². The average Bonchev–Trinajstić information content (AvgIpc) is 2.96. The largest absolute Gasteiger partial charge is 0.375 e. The summed E-state index contributed by atoms with van der Waals surface area (Å²) in [5.41, 5.74) is 8.46. The molecular weight excluding hydrogens is 298 g/mol. The topological polar surface area (TPSA) is 51.8 Å². The zero-order valence-electron chi connectivity index (χ0n) is 10.1. The van der Waals surface area contributed by atoms with E-state index in [1.54, 1.807) is 11.3 Å². The fourth-order valence-corrected chi connectivity index (χ4v) is 3.75. The lowest BCUT2D eigenvalue weighted by Crippen LogP contribution is -1.82. The smallest absolute Gasteiger partial charge is 0.180 e. The maximum atomic E-state index is 6.20. The summed E-state index contributed by atoms with van der Waals surface area (Å²) in [4.78, 5) is 9.93. The summed E-state index contributed by atoms with van der Waals surface area (Å²) in [5, 5.41) is 4.14. The van der Waals surface area contributed by atoms with E-state index in [4.69, 9.17) is 17.3 Å². The second-order valence-electron chi connectivity index (χ2n) is 3.98. The van der Waals surface area contributed by atoms with Crippen molar-refractivity contribution in [3.63, 3.8) is 0 Å². The van der Waals surface area contributed by atoms with Crippen LogP contribution in [0.3, 0.4) is 0 Å². The summed E-state index contributed by atoms with van der Waals surface area (Å²) in [6.07, 6.45) is 0. The lowest BCUT2D eigenvalue weighted by Gasteiger charge is -1.97. The lowest BCUT2D eigenvalue weighted by molar-refractivity contribution is 1.26. The Kier molecular flexibility index (Phi) is 3.26. The molecule has 2 N–H and O–H groups in total. The number of anilines is 1. The third-order valence-electron chi connectivity index (χ3n) is 2.66. The summed E-state index contributed by atoms with van der Waals surface area (Å²) < 4.78 is 0. The summed E-state index contributed by atoms with van der Waals surface area (Å²) in [6.45, 7) is 1.97. The molecule has 6 heteroatoms. The number of hydrogen-bond acceptors (Lipinski definition) is 5. The van der Waals surface area contributed by atoms with Crippen LogP contribution in [0.1, 0.15) is 5.69 Å². The highest BCUT2D eigenvalue weighted by atomic mass is 35.5. The van der Waals surface area contributed by atoms with Gasteiger partial charge in [0.25, 0.3) is 0 Å². The van der Waals surface area contributed by atoms with Gasteiger partial charge in [-0.3, -0.25) is 0 Å². The van der Waals surface area contributed by atoms with Crippen molar-refractivity contribution in [1.82, 2.24) is 9.97 Å². The molecule has 0 aliphatic carbocycles. The van der Waals surface area contributed by atoms with Crippen molar-refractivity contribution < 1.29 is 0 Å². The maximum Gasteiger partial charge on any atom is 0.180 e. The predicted molar refractivity (Wildman–Crippen MR) is 82.8 cm³/mol. The van der Waals surface area contributed by atoms with E-state index in [0.29, 0.717) is 10.2 Å². The first kappa shape index (κ1) is 12.6. The van der Waals surface area contributed by atoms with Gasteiger partial charge in [-0.1, -0.05) is 29.8 Å². The van der Waals surface area contributed by atoms with Gasteiger partial charge >= 0.3 is 0 Å². The molecule has 96 valence electrons. The van der Waals surface area contributed by atoms with E-state index >= 15 is 0 Å². The Balaban J connectivity index is 2.10. The number of thiazole rings is 2. The molecule has 0 fully saturated rings. The van der Waals surface area contributed by atoms with Gasteiger partial charge in [-0.05, 0) is 13.0 Å². The molecule has 0 bridgehead atoms. The highest BCUT2D eigenvalue weighted by Gasteiger charge is 2.14. The monoisotopic (exact) mass is 307 g/mol. The molecule has 3 aromatic rings. The number of aromatic nitrogens is 2. The van der Waals surface area contributed by atoms with Gasteiger partial charge in [0.1, 0.15) is 5.01 Å². The highest BCUT2D eigenvalue weighted by Crippen LogP contribution is 2.38. The Morgan fingerprint density at radius 2 is 2.00 bits per heavy atom. The number of aryl methyl sites for hydroxylation is 1. The van der Waals surface area contributed by atoms with E-state index in [1.165, 1.54) is 11.3 Å². The van der Waals surface area contributed by atoms with Gasteiger partial charge in [0.05, 0.1) is 21.3 Å². The number of nitrogens with two attached hydrogens (primary N) is 1. The molecule has 0 saturated heterocycles. The van der Waals surface area contributed by atoms with E-state index in [0.717, 1.165) is 26.8 Å². The second kappa shape index (κ2) is 4.92. The zero-order chi connectivity index (χ0) is 13.4. The van der Waals surface area contributed by atoms with Gasteiger partial charge in [0.2, 0.25) is 0 Å².